The highest BCUT2D eigenvalue weighted by molar-refractivity contribution is 6.00. The Morgan fingerprint density at radius 2 is 1.67 bits per heavy atom. The molecule has 0 aliphatic heterocycles. The van der Waals surface area contributed by atoms with Gasteiger partial charge in [0.15, 0.2) is 0 Å². The molecule has 0 spiro atoms. The van der Waals surface area contributed by atoms with E-state index in [1.165, 1.54) is 50.7 Å². The Labute approximate surface area is 255 Å². The third kappa shape index (κ3) is 6.40. The van der Waals surface area contributed by atoms with E-state index in [1.54, 1.807) is 18.2 Å². The highest BCUT2D eigenvalue weighted by atomic mass is 16.6. The molecule has 4 N–H and O–H groups in total. The van der Waals surface area contributed by atoms with Crippen molar-refractivity contribution in [3.8, 4) is 0 Å². The number of hydrogen-bond donors (Lipinski definition) is 3. The number of hydrogen-bond acceptors (Lipinski definition) is 6. The molecular weight excluding hydrogens is 544 g/mol. The van der Waals surface area contributed by atoms with Gasteiger partial charge in [0.25, 0.3) is 0 Å². The van der Waals surface area contributed by atoms with Gasteiger partial charge in [0.1, 0.15) is 6.04 Å². The lowest BCUT2D eigenvalue weighted by atomic mass is 9.44. The van der Waals surface area contributed by atoms with Gasteiger partial charge in [-0.15, -0.1) is 0 Å². The van der Waals surface area contributed by atoms with E-state index in [0.29, 0.717) is 35.5 Å². The number of nitrogens with two attached hydrogens (primary N) is 1. The molecule has 0 heterocycles. The van der Waals surface area contributed by atoms with Crippen molar-refractivity contribution in [2.45, 2.75) is 110 Å². The van der Waals surface area contributed by atoms with Gasteiger partial charge in [0.05, 0.1) is 18.1 Å². The van der Waals surface area contributed by atoms with Crippen LogP contribution in [0, 0.1) is 46.3 Å². The summed E-state index contributed by atoms with van der Waals surface area (Å²) in [7, 11) is 0. The van der Waals surface area contributed by atoms with Crippen LogP contribution in [0.3, 0.4) is 0 Å². The Bertz CT molecular complexity index is 1200. The van der Waals surface area contributed by atoms with Gasteiger partial charge in [-0.2, -0.15) is 0 Å². The average molecular weight is 595 g/mol. The predicted octanol–water partition coefficient (Wildman–Crippen LogP) is 5.17. The number of ether oxygens (including phenoxy) is 1. The van der Waals surface area contributed by atoms with E-state index in [9.17, 15) is 24.3 Å². The van der Waals surface area contributed by atoms with Gasteiger partial charge in [-0.1, -0.05) is 39.0 Å². The van der Waals surface area contributed by atoms with Crippen molar-refractivity contribution in [2.24, 2.45) is 52.1 Å². The predicted molar refractivity (Wildman–Crippen MR) is 162 cm³/mol. The van der Waals surface area contributed by atoms with Crippen molar-refractivity contribution >= 4 is 23.8 Å². The van der Waals surface area contributed by atoms with Crippen molar-refractivity contribution in [3.63, 3.8) is 0 Å². The van der Waals surface area contributed by atoms with Crippen LogP contribution in [0.5, 0.6) is 0 Å². The fraction of sp³-hybridized carbons (Fsp3) is 0.714. The summed E-state index contributed by atoms with van der Waals surface area (Å²) in [6.07, 6.45) is 10.9. The highest BCUT2D eigenvalue weighted by Crippen LogP contribution is 2.68. The van der Waals surface area contributed by atoms with Crippen LogP contribution in [0.15, 0.2) is 30.3 Å². The quantitative estimate of drug-likeness (QED) is 0.267. The normalized spacial score (nSPS) is 36.3. The molecule has 0 saturated heterocycles. The minimum atomic E-state index is -1.31. The first-order chi connectivity index (χ1) is 20.4. The maximum absolute atomic E-state index is 13.0. The van der Waals surface area contributed by atoms with Crippen molar-refractivity contribution in [1.82, 2.24) is 5.32 Å². The van der Waals surface area contributed by atoms with E-state index >= 15 is 0 Å². The monoisotopic (exact) mass is 594 g/mol. The van der Waals surface area contributed by atoms with E-state index < -0.39 is 30.3 Å². The topological polar surface area (TPSA) is 136 Å². The first-order valence-corrected chi connectivity index (χ1v) is 16.5. The molecule has 1 aromatic rings. The number of carbonyl (C=O) groups excluding carboxylic acids is 4. The van der Waals surface area contributed by atoms with Crippen molar-refractivity contribution in [1.29, 1.82) is 0 Å². The van der Waals surface area contributed by atoms with Gasteiger partial charge in [-0.05, 0) is 123 Å². The summed E-state index contributed by atoms with van der Waals surface area (Å²) >= 11 is 0. The zero-order valence-electron chi connectivity index (χ0n) is 26.1. The third-order valence-electron chi connectivity index (χ3n) is 12.5. The third-order valence-corrected chi connectivity index (χ3v) is 12.5. The van der Waals surface area contributed by atoms with Gasteiger partial charge < -0.3 is 20.9 Å². The van der Waals surface area contributed by atoms with Gasteiger partial charge in [0, 0.05) is 6.42 Å². The number of fused-ring (bicyclic) bond motifs is 5. The highest BCUT2D eigenvalue weighted by Gasteiger charge is 2.60. The molecule has 4 aliphatic carbocycles. The summed E-state index contributed by atoms with van der Waals surface area (Å²) in [5, 5.41) is 12.9. The lowest BCUT2D eigenvalue weighted by Crippen LogP contribution is -2.54. The number of aliphatic hydroxyl groups is 1. The molecule has 5 rings (SSSR count). The van der Waals surface area contributed by atoms with E-state index in [-0.39, 0.29) is 29.4 Å². The fourth-order valence-corrected chi connectivity index (χ4v) is 10.2. The maximum atomic E-state index is 13.0. The van der Waals surface area contributed by atoms with E-state index in [0.717, 1.165) is 31.1 Å². The van der Waals surface area contributed by atoms with E-state index in [4.69, 9.17) is 10.5 Å². The second-order valence-corrected chi connectivity index (χ2v) is 14.7. The SMILES string of the molecule is C[C@H](CCC(=O)N[C@@H](CC(N)=O)C(=O)OC(=O)c1ccccc1)[C@H]1CC[C@H]2[C@@H]3CC[C@@H]4C[C@H](O)CC[C@]4(C)[C@H]3CC[C@]12C. The molecule has 0 unspecified atom stereocenters. The van der Waals surface area contributed by atoms with Gasteiger partial charge in [0.2, 0.25) is 11.8 Å². The minimum Gasteiger partial charge on any atom is -0.393 e. The number of benzene rings is 1. The van der Waals surface area contributed by atoms with Crippen LogP contribution in [-0.4, -0.2) is 41.0 Å². The van der Waals surface area contributed by atoms with Crippen LogP contribution in [0.2, 0.25) is 0 Å². The zero-order valence-corrected chi connectivity index (χ0v) is 26.1. The van der Waals surface area contributed by atoms with Gasteiger partial charge in [-0.25, -0.2) is 9.59 Å². The summed E-state index contributed by atoms with van der Waals surface area (Å²) in [4.78, 5) is 49.7. The van der Waals surface area contributed by atoms with Crippen LogP contribution in [0.25, 0.3) is 0 Å². The molecule has 4 saturated carbocycles. The molecule has 4 aliphatic rings. The number of primary amides is 1. The summed E-state index contributed by atoms with van der Waals surface area (Å²) < 4.78 is 4.96. The molecule has 8 heteroatoms. The van der Waals surface area contributed by atoms with Crippen LogP contribution in [-0.2, 0) is 19.1 Å². The molecule has 8 nitrogen and oxygen atoms in total. The Balaban J connectivity index is 1.16. The van der Waals surface area contributed by atoms with Crippen LogP contribution < -0.4 is 11.1 Å². The molecule has 0 aromatic heterocycles. The molecule has 2 amide bonds. The largest absolute Gasteiger partial charge is 0.393 e. The van der Waals surface area contributed by atoms with Crippen molar-refractivity contribution in [3.05, 3.63) is 35.9 Å². The molecule has 0 radical (unpaired) electrons. The molecule has 10 atom stereocenters. The summed E-state index contributed by atoms with van der Waals surface area (Å²) in [6.45, 7) is 7.28. The summed E-state index contributed by atoms with van der Waals surface area (Å²) in [6, 6.07) is 6.77. The molecule has 4 fully saturated rings. The lowest BCUT2D eigenvalue weighted by molar-refractivity contribution is -0.144. The second-order valence-electron chi connectivity index (χ2n) is 14.7. The lowest BCUT2D eigenvalue weighted by Gasteiger charge is -2.61. The number of esters is 2. The number of amides is 2. The van der Waals surface area contributed by atoms with E-state index in [1.807, 2.05) is 0 Å². The molecule has 236 valence electrons. The smallest absolute Gasteiger partial charge is 0.345 e. The van der Waals surface area contributed by atoms with Crippen LogP contribution in [0.4, 0.5) is 0 Å². The fourth-order valence-electron chi connectivity index (χ4n) is 10.2. The average Bonchev–Trinajstić information content (AvgIpc) is 3.33. The first-order valence-electron chi connectivity index (χ1n) is 16.5. The van der Waals surface area contributed by atoms with Gasteiger partial charge in [-0.3, -0.25) is 9.59 Å². The van der Waals surface area contributed by atoms with Gasteiger partial charge >= 0.3 is 11.9 Å². The molecule has 1 aromatic carbocycles. The number of nitrogens with one attached hydrogen (secondary N) is 1. The first kappa shape index (κ1) is 31.7. The molecular formula is C35H50N2O6. The summed E-state index contributed by atoms with van der Waals surface area (Å²) in [5.74, 6) is 0.820. The Morgan fingerprint density at radius 1 is 0.977 bits per heavy atom. The Kier molecular flexibility index (Phi) is 9.36. The van der Waals surface area contributed by atoms with Crippen LogP contribution >= 0.6 is 0 Å². The van der Waals surface area contributed by atoms with Crippen LogP contribution in [0.1, 0.15) is 108 Å². The molecule has 0 bridgehead atoms. The number of rotatable bonds is 9. The number of aliphatic hydroxyl groups excluding tert-OH is 1. The maximum Gasteiger partial charge on any atom is 0.345 e. The summed E-state index contributed by atoms with van der Waals surface area (Å²) in [5.41, 5.74) is 6.16. The standard InChI is InChI=1S/C35H50N2O6/c1-21(9-14-31(40)37-29(20-30(36)39)33(42)43-32(41)22-7-5-4-6-8-22)26-12-13-27-25-11-10-23-19-24(38)15-17-34(23,2)28(25)16-18-35(26,27)3/h4-8,21,23-29,38H,9-20H2,1-3H3,(H2,36,39)(H,37,40)/t21-,23-,24-,25+,26-,27+,28+,29+,34+,35-/m1/s1. The van der Waals surface area contributed by atoms with Crippen molar-refractivity contribution < 1.29 is 29.0 Å². The zero-order chi connectivity index (χ0) is 30.9. The Hall–Kier alpha value is -2.74. The minimum absolute atomic E-state index is 0.120. The Morgan fingerprint density at radius 3 is 2.40 bits per heavy atom. The number of carbonyl (C=O) groups is 4. The molecule has 43 heavy (non-hydrogen) atoms. The second kappa shape index (κ2) is 12.7. The van der Waals surface area contributed by atoms with E-state index in [2.05, 4.69) is 26.1 Å². The van der Waals surface area contributed by atoms with Crippen molar-refractivity contribution in [2.75, 3.05) is 0 Å².